The van der Waals surface area contributed by atoms with Crippen molar-refractivity contribution in [2.75, 3.05) is 20.2 Å². The predicted molar refractivity (Wildman–Crippen MR) is 84.7 cm³/mol. The van der Waals surface area contributed by atoms with E-state index in [-0.39, 0.29) is 31.7 Å². The maximum Gasteiger partial charge on any atom is 0.471 e. The average molecular weight is 348 g/mol. The van der Waals surface area contributed by atoms with Crippen LogP contribution in [0.5, 0.6) is 0 Å². The fourth-order valence-electron chi connectivity index (χ4n) is 1.88. The van der Waals surface area contributed by atoms with Crippen molar-refractivity contribution in [2.24, 2.45) is 5.92 Å². The molecule has 0 radical (unpaired) electrons. The summed E-state index contributed by atoms with van der Waals surface area (Å²) in [4.78, 5) is 23.3. The summed E-state index contributed by atoms with van der Waals surface area (Å²) in [5.41, 5.74) is 0.762. The van der Waals surface area contributed by atoms with Gasteiger partial charge in [0.05, 0.1) is 13.0 Å². The topological polar surface area (TPSA) is 70.5 Å². The lowest BCUT2D eigenvalue weighted by atomic mass is 9.92. The Hall–Kier alpha value is -2.12. The molecule has 0 aromatic carbocycles. The van der Waals surface area contributed by atoms with Crippen LogP contribution in [0.1, 0.15) is 26.7 Å². The van der Waals surface area contributed by atoms with Crippen molar-refractivity contribution in [3.8, 4) is 0 Å². The van der Waals surface area contributed by atoms with Gasteiger partial charge in [-0.1, -0.05) is 18.2 Å². The number of hydrogen-bond donors (Lipinski definition) is 1. The largest absolute Gasteiger partial charge is 0.471 e. The molecule has 0 spiro atoms. The maximum absolute atomic E-state index is 12.4. The van der Waals surface area contributed by atoms with Gasteiger partial charge in [-0.2, -0.15) is 13.2 Å². The third-order valence-electron chi connectivity index (χ3n) is 3.19. The summed E-state index contributed by atoms with van der Waals surface area (Å²) in [6.07, 6.45) is -1.85. The van der Waals surface area contributed by atoms with Crippen LogP contribution < -0.4 is 0 Å². The number of carbonyl (C=O) groups is 2. The van der Waals surface area contributed by atoms with Crippen LogP contribution in [0.15, 0.2) is 24.3 Å². The van der Waals surface area contributed by atoms with Crippen LogP contribution in [0.25, 0.3) is 0 Å². The van der Waals surface area contributed by atoms with Crippen molar-refractivity contribution >= 4 is 17.6 Å². The number of carbonyl (C=O) groups excluding carboxylic acids is 2. The molecule has 0 rings (SSSR count). The number of allylic oxidation sites excluding steroid dienone is 3. The first-order valence-corrected chi connectivity index (χ1v) is 7.39. The second-order valence-corrected chi connectivity index (χ2v) is 5.31. The van der Waals surface area contributed by atoms with Crippen molar-refractivity contribution in [3.05, 3.63) is 24.3 Å². The fraction of sp³-hybridized carbons (Fsp3) is 0.562. The SMILES string of the molecule is C=C(/C=C\C(C)=N)[C@@H](CCN(C)C(=O)C(F)(F)F)CC(=O)OCC. The Morgan fingerprint density at radius 3 is 2.38 bits per heavy atom. The van der Waals surface area contributed by atoms with E-state index in [1.54, 1.807) is 13.8 Å². The van der Waals surface area contributed by atoms with E-state index in [9.17, 15) is 22.8 Å². The molecule has 1 atom stereocenters. The lowest BCUT2D eigenvalue weighted by Gasteiger charge is -2.22. The molecule has 0 aromatic heterocycles. The van der Waals surface area contributed by atoms with Crippen molar-refractivity contribution in [1.82, 2.24) is 4.90 Å². The lowest BCUT2D eigenvalue weighted by Crippen LogP contribution is -2.39. The van der Waals surface area contributed by atoms with E-state index < -0.39 is 24.0 Å². The number of hydrogen-bond acceptors (Lipinski definition) is 4. The quantitative estimate of drug-likeness (QED) is 0.395. The minimum Gasteiger partial charge on any atom is -0.466 e. The molecule has 0 aromatic rings. The molecule has 0 bridgehead atoms. The Bertz CT molecular complexity index is 513. The number of nitrogens with zero attached hydrogens (tertiary/aromatic N) is 1. The summed E-state index contributed by atoms with van der Waals surface area (Å²) in [5.74, 6) is -2.91. The van der Waals surface area contributed by atoms with E-state index in [4.69, 9.17) is 10.1 Å². The Morgan fingerprint density at radius 1 is 1.33 bits per heavy atom. The van der Waals surface area contributed by atoms with Crippen LogP contribution >= 0.6 is 0 Å². The van der Waals surface area contributed by atoms with E-state index in [0.29, 0.717) is 10.5 Å². The highest BCUT2D eigenvalue weighted by Crippen LogP contribution is 2.22. The van der Waals surface area contributed by atoms with Gasteiger partial charge in [-0.15, -0.1) is 0 Å². The van der Waals surface area contributed by atoms with Crippen molar-refractivity contribution in [1.29, 1.82) is 5.41 Å². The molecule has 0 unspecified atom stereocenters. The van der Waals surface area contributed by atoms with Crippen LogP contribution in [-0.4, -0.2) is 48.9 Å². The zero-order chi connectivity index (χ0) is 18.9. The molecule has 24 heavy (non-hydrogen) atoms. The van der Waals surface area contributed by atoms with Crippen LogP contribution in [0.4, 0.5) is 13.2 Å². The minimum atomic E-state index is -4.93. The summed E-state index contributed by atoms with van der Waals surface area (Å²) in [6, 6.07) is 0. The smallest absolute Gasteiger partial charge is 0.466 e. The summed E-state index contributed by atoms with van der Waals surface area (Å²) >= 11 is 0. The average Bonchev–Trinajstić information content (AvgIpc) is 2.47. The Labute approximate surface area is 139 Å². The first-order chi connectivity index (χ1) is 11.0. The number of esters is 1. The van der Waals surface area contributed by atoms with E-state index in [1.165, 1.54) is 12.2 Å². The highest BCUT2D eigenvalue weighted by molar-refractivity contribution is 5.90. The van der Waals surface area contributed by atoms with Crippen LogP contribution in [0.3, 0.4) is 0 Å². The molecule has 0 aliphatic carbocycles. The first-order valence-electron chi connectivity index (χ1n) is 7.39. The molecule has 1 amide bonds. The normalized spacial score (nSPS) is 12.8. The van der Waals surface area contributed by atoms with Gasteiger partial charge < -0.3 is 15.0 Å². The molecule has 5 nitrogen and oxygen atoms in total. The van der Waals surface area contributed by atoms with Crippen LogP contribution in [0, 0.1) is 11.3 Å². The van der Waals surface area contributed by atoms with E-state index in [2.05, 4.69) is 6.58 Å². The van der Waals surface area contributed by atoms with E-state index in [0.717, 1.165) is 7.05 Å². The highest BCUT2D eigenvalue weighted by atomic mass is 19.4. The van der Waals surface area contributed by atoms with Gasteiger partial charge in [0.15, 0.2) is 0 Å². The standard InChI is InChI=1S/C16H23F3N2O3/c1-5-24-14(22)10-13(11(2)6-7-12(3)20)8-9-21(4)15(23)16(17,18)19/h6-7,13,20H,2,5,8-10H2,1,3-4H3/b7-6-,20-12?/t13-/m0/s1. The van der Waals surface area contributed by atoms with Crippen molar-refractivity contribution in [2.45, 2.75) is 32.9 Å². The minimum absolute atomic E-state index is 0.0535. The molecule has 8 heteroatoms. The predicted octanol–water partition coefficient (Wildman–Crippen LogP) is 3.12. The number of rotatable bonds is 9. The van der Waals surface area contributed by atoms with Gasteiger partial charge in [-0.25, -0.2) is 0 Å². The zero-order valence-electron chi connectivity index (χ0n) is 14.1. The Morgan fingerprint density at radius 2 is 1.92 bits per heavy atom. The molecule has 0 saturated carbocycles. The third kappa shape index (κ3) is 8.50. The van der Waals surface area contributed by atoms with Crippen molar-refractivity contribution in [3.63, 3.8) is 0 Å². The van der Waals surface area contributed by atoms with Gasteiger partial charge in [-0.3, -0.25) is 9.59 Å². The first kappa shape index (κ1) is 21.9. The number of halogens is 3. The molecule has 0 heterocycles. The maximum atomic E-state index is 12.4. The number of alkyl halides is 3. The van der Waals surface area contributed by atoms with Crippen LogP contribution in [-0.2, 0) is 14.3 Å². The summed E-state index contributed by atoms with van der Waals surface area (Å²) in [6.45, 7) is 7.01. The van der Waals surface area contributed by atoms with Gasteiger partial charge >= 0.3 is 18.1 Å². The zero-order valence-corrected chi connectivity index (χ0v) is 14.1. The monoisotopic (exact) mass is 348 g/mol. The number of amides is 1. The molecule has 0 saturated heterocycles. The van der Waals surface area contributed by atoms with E-state index in [1.807, 2.05) is 0 Å². The Kier molecular flexibility index (Phi) is 9.02. The summed E-state index contributed by atoms with van der Waals surface area (Å²) < 4.78 is 42.0. The number of nitrogens with one attached hydrogen (secondary N) is 1. The lowest BCUT2D eigenvalue weighted by molar-refractivity contribution is -0.184. The van der Waals surface area contributed by atoms with Gasteiger partial charge in [0.1, 0.15) is 0 Å². The van der Waals surface area contributed by atoms with Crippen LogP contribution in [0.2, 0.25) is 0 Å². The molecule has 0 fully saturated rings. The molecule has 1 N–H and O–H groups in total. The van der Waals surface area contributed by atoms with Crippen molar-refractivity contribution < 1.29 is 27.5 Å². The summed E-state index contributed by atoms with van der Waals surface area (Å²) in [7, 11) is 1.05. The van der Waals surface area contributed by atoms with Gasteiger partial charge in [0.2, 0.25) is 0 Å². The second-order valence-electron chi connectivity index (χ2n) is 5.31. The molecular weight excluding hydrogens is 325 g/mol. The highest BCUT2D eigenvalue weighted by Gasteiger charge is 2.41. The van der Waals surface area contributed by atoms with E-state index >= 15 is 0 Å². The molecule has 0 aliphatic rings. The third-order valence-corrected chi connectivity index (χ3v) is 3.19. The molecular formula is C16H23F3N2O3. The Balaban J connectivity index is 4.93. The number of ether oxygens (including phenoxy) is 1. The summed E-state index contributed by atoms with van der Waals surface area (Å²) in [5, 5.41) is 7.33. The van der Waals surface area contributed by atoms with Gasteiger partial charge in [0, 0.05) is 19.3 Å². The molecule has 0 aliphatic heterocycles. The van der Waals surface area contributed by atoms with Gasteiger partial charge in [-0.05, 0) is 32.3 Å². The van der Waals surface area contributed by atoms with Gasteiger partial charge in [0.25, 0.3) is 0 Å². The second kappa shape index (κ2) is 9.89. The fourth-order valence-corrected chi connectivity index (χ4v) is 1.88. The molecule has 136 valence electrons.